The monoisotopic (exact) mass is 286 g/mol. The Hall–Kier alpha value is -2.34. The van der Waals surface area contributed by atoms with Crippen LogP contribution >= 0.6 is 0 Å². The summed E-state index contributed by atoms with van der Waals surface area (Å²) < 4.78 is 0. The van der Waals surface area contributed by atoms with Crippen LogP contribution < -0.4 is 0 Å². The Morgan fingerprint density at radius 3 is 1.77 bits per heavy atom. The van der Waals surface area contributed by atoms with Gasteiger partial charge in [0, 0.05) is 0 Å². The molecule has 0 heteroatoms. The molecular formula is C22H22. The molecular weight excluding hydrogens is 264 g/mol. The summed E-state index contributed by atoms with van der Waals surface area (Å²) in [5.74, 6) is 0. The zero-order valence-electron chi connectivity index (χ0n) is 13.3. The molecule has 110 valence electrons. The maximum Gasteiger partial charge on any atom is -0.0184 e. The first kappa shape index (κ1) is 14.6. The van der Waals surface area contributed by atoms with Crippen LogP contribution in [0.15, 0.2) is 72.8 Å². The molecule has 0 aliphatic heterocycles. The van der Waals surface area contributed by atoms with E-state index in [1.54, 1.807) is 0 Å². The van der Waals surface area contributed by atoms with E-state index in [4.69, 9.17) is 0 Å². The van der Waals surface area contributed by atoms with Crippen molar-refractivity contribution in [3.05, 3.63) is 95.1 Å². The van der Waals surface area contributed by atoms with Crippen molar-refractivity contribution >= 4 is 0 Å². The summed E-state index contributed by atoms with van der Waals surface area (Å²) in [6, 6.07) is 26.5. The highest BCUT2D eigenvalue weighted by Crippen LogP contribution is 2.21. The molecule has 3 aromatic rings. The van der Waals surface area contributed by atoms with E-state index in [0.29, 0.717) is 0 Å². The van der Waals surface area contributed by atoms with Crippen LogP contribution in [0.25, 0.3) is 11.1 Å². The number of hydrogen-bond acceptors (Lipinski definition) is 0. The maximum atomic E-state index is 2.28. The van der Waals surface area contributed by atoms with Crippen LogP contribution in [0.5, 0.6) is 0 Å². The van der Waals surface area contributed by atoms with Gasteiger partial charge >= 0.3 is 0 Å². The summed E-state index contributed by atoms with van der Waals surface area (Å²) in [7, 11) is 0. The molecule has 0 aromatic heterocycles. The van der Waals surface area contributed by atoms with Gasteiger partial charge in [0.1, 0.15) is 0 Å². The molecule has 0 bridgehead atoms. The maximum absolute atomic E-state index is 2.28. The second-order valence-corrected chi connectivity index (χ2v) is 6.05. The molecule has 0 saturated carbocycles. The van der Waals surface area contributed by atoms with Gasteiger partial charge in [0.05, 0.1) is 0 Å². The van der Waals surface area contributed by atoms with Crippen molar-refractivity contribution in [2.24, 2.45) is 0 Å². The Morgan fingerprint density at radius 1 is 0.545 bits per heavy atom. The summed E-state index contributed by atoms with van der Waals surface area (Å²) in [6.07, 6.45) is 2.20. The zero-order chi connectivity index (χ0) is 15.4. The van der Waals surface area contributed by atoms with Gasteiger partial charge in [0.2, 0.25) is 0 Å². The standard InChI is InChI=1S/C22H22/c1-17-6-12-21(13-7-17)22-14-10-19(11-15-22)8-9-20-5-3-4-18(2)16-20/h3-7,10-16H,8-9H2,1-2H3. The van der Waals surface area contributed by atoms with Crippen LogP contribution in [0.3, 0.4) is 0 Å². The third-order valence-electron chi connectivity index (χ3n) is 4.12. The van der Waals surface area contributed by atoms with Gasteiger partial charge in [0.15, 0.2) is 0 Å². The van der Waals surface area contributed by atoms with E-state index >= 15 is 0 Å². The van der Waals surface area contributed by atoms with Crippen LogP contribution in [0, 0.1) is 13.8 Å². The number of hydrogen-bond donors (Lipinski definition) is 0. The normalized spacial score (nSPS) is 10.6. The minimum Gasteiger partial charge on any atom is -0.0617 e. The molecule has 0 unspecified atom stereocenters. The van der Waals surface area contributed by atoms with Gasteiger partial charge in [-0.25, -0.2) is 0 Å². The Labute approximate surface area is 133 Å². The lowest BCUT2D eigenvalue weighted by molar-refractivity contribution is 0.958. The molecule has 0 heterocycles. The predicted molar refractivity (Wildman–Crippen MR) is 95.2 cm³/mol. The zero-order valence-corrected chi connectivity index (χ0v) is 13.3. The van der Waals surface area contributed by atoms with Crippen LogP contribution in [0.2, 0.25) is 0 Å². The summed E-state index contributed by atoms with van der Waals surface area (Å²) in [4.78, 5) is 0. The van der Waals surface area contributed by atoms with Crippen LogP contribution in [-0.2, 0) is 12.8 Å². The highest BCUT2D eigenvalue weighted by Gasteiger charge is 2.00. The van der Waals surface area contributed by atoms with Gasteiger partial charge in [-0.1, -0.05) is 83.9 Å². The van der Waals surface area contributed by atoms with Gasteiger partial charge in [-0.3, -0.25) is 0 Å². The van der Waals surface area contributed by atoms with Crippen molar-refractivity contribution in [2.45, 2.75) is 26.7 Å². The van der Waals surface area contributed by atoms with Crippen molar-refractivity contribution in [3.63, 3.8) is 0 Å². The Kier molecular flexibility index (Phi) is 4.39. The van der Waals surface area contributed by atoms with E-state index in [-0.39, 0.29) is 0 Å². The van der Waals surface area contributed by atoms with E-state index in [1.165, 1.54) is 33.4 Å². The lowest BCUT2D eigenvalue weighted by atomic mass is 9.99. The largest absolute Gasteiger partial charge is 0.0617 e. The van der Waals surface area contributed by atoms with Crippen LogP contribution in [0.4, 0.5) is 0 Å². The fourth-order valence-electron chi connectivity index (χ4n) is 2.77. The SMILES string of the molecule is Cc1ccc(-c2ccc(CCc3cccc(C)c3)cc2)cc1. The highest BCUT2D eigenvalue weighted by atomic mass is 14.0. The summed E-state index contributed by atoms with van der Waals surface area (Å²) in [5.41, 5.74) is 8.04. The van der Waals surface area contributed by atoms with Crippen LogP contribution in [-0.4, -0.2) is 0 Å². The molecule has 0 nitrogen and oxygen atoms in total. The Bertz CT molecular complexity index is 734. The lowest BCUT2D eigenvalue weighted by Crippen LogP contribution is -1.92. The Morgan fingerprint density at radius 2 is 1.14 bits per heavy atom. The van der Waals surface area contributed by atoms with Crippen LogP contribution in [0.1, 0.15) is 22.3 Å². The summed E-state index contributed by atoms with van der Waals surface area (Å²) in [5, 5.41) is 0. The fraction of sp³-hybridized carbons (Fsp3) is 0.182. The molecule has 0 saturated heterocycles. The first-order chi connectivity index (χ1) is 10.7. The second-order valence-electron chi connectivity index (χ2n) is 6.05. The van der Waals surface area contributed by atoms with Crippen molar-refractivity contribution in [1.29, 1.82) is 0 Å². The highest BCUT2D eigenvalue weighted by molar-refractivity contribution is 5.63. The molecule has 0 N–H and O–H groups in total. The van der Waals surface area contributed by atoms with Crippen molar-refractivity contribution in [2.75, 3.05) is 0 Å². The number of rotatable bonds is 4. The number of benzene rings is 3. The minimum absolute atomic E-state index is 1.09. The van der Waals surface area contributed by atoms with E-state index in [9.17, 15) is 0 Å². The average Bonchev–Trinajstić information content (AvgIpc) is 2.54. The van der Waals surface area contributed by atoms with Crippen molar-refractivity contribution in [3.8, 4) is 11.1 Å². The third kappa shape index (κ3) is 3.65. The quantitative estimate of drug-likeness (QED) is 0.572. The topological polar surface area (TPSA) is 0 Å². The van der Waals surface area contributed by atoms with Gasteiger partial charge in [-0.15, -0.1) is 0 Å². The van der Waals surface area contributed by atoms with E-state index < -0.39 is 0 Å². The van der Waals surface area contributed by atoms with Crippen molar-refractivity contribution in [1.82, 2.24) is 0 Å². The molecule has 0 fully saturated rings. The summed E-state index contributed by atoms with van der Waals surface area (Å²) >= 11 is 0. The smallest absolute Gasteiger partial charge is 0.0184 e. The van der Waals surface area contributed by atoms with Crippen molar-refractivity contribution < 1.29 is 0 Å². The van der Waals surface area contributed by atoms with E-state index in [1.807, 2.05) is 0 Å². The Balaban J connectivity index is 1.68. The first-order valence-electron chi connectivity index (χ1n) is 7.92. The lowest BCUT2D eigenvalue weighted by Gasteiger charge is -2.06. The molecule has 3 aromatic carbocycles. The summed E-state index contributed by atoms with van der Waals surface area (Å²) in [6.45, 7) is 4.28. The molecule has 0 atom stereocenters. The third-order valence-corrected chi connectivity index (χ3v) is 4.12. The molecule has 0 amide bonds. The second kappa shape index (κ2) is 6.62. The number of aryl methyl sites for hydroxylation is 4. The first-order valence-corrected chi connectivity index (χ1v) is 7.92. The molecule has 0 aliphatic carbocycles. The molecule has 0 aliphatic rings. The van der Waals surface area contributed by atoms with Gasteiger partial charge in [0.25, 0.3) is 0 Å². The molecule has 3 rings (SSSR count). The van der Waals surface area contributed by atoms with Gasteiger partial charge < -0.3 is 0 Å². The average molecular weight is 286 g/mol. The van der Waals surface area contributed by atoms with E-state index in [2.05, 4.69) is 86.6 Å². The molecule has 0 spiro atoms. The molecule has 0 radical (unpaired) electrons. The van der Waals surface area contributed by atoms with Gasteiger partial charge in [-0.2, -0.15) is 0 Å². The predicted octanol–water partition coefficient (Wildman–Crippen LogP) is 5.76. The molecule has 22 heavy (non-hydrogen) atoms. The minimum atomic E-state index is 1.09. The van der Waals surface area contributed by atoms with E-state index in [0.717, 1.165) is 12.8 Å². The van der Waals surface area contributed by atoms with Gasteiger partial charge in [-0.05, 0) is 48.9 Å². The fourth-order valence-corrected chi connectivity index (χ4v) is 2.77.